The van der Waals surface area contributed by atoms with Gasteiger partial charge in [-0.05, 0) is 62.7 Å². The average Bonchev–Trinajstić information content (AvgIpc) is 2.87. The van der Waals surface area contributed by atoms with E-state index in [4.69, 9.17) is 21.1 Å². The zero-order valence-electron chi connectivity index (χ0n) is 19.3. The summed E-state index contributed by atoms with van der Waals surface area (Å²) in [5, 5.41) is 0.255. The van der Waals surface area contributed by atoms with Crippen molar-refractivity contribution in [1.82, 2.24) is 14.8 Å². The molecular weight excluding hydrogens is 440 g/mol. The van der Waals surface area contributed by atoms with Gasteiger partial charge in [-0.3, -0.25) is 4.79 Å². The van der Waals surface area contributed by atoms with Gasteiger partial charge in [0.1, 0.15) is 10.9 Å². The molecule has 4 rings (SSSR count). The summed E-state index contributed by atoms with van der Waals surface area (Å²) in [5.74, 6) is 1.21. The zero-order valence-corrected chi connectivity index (χ0v) is 20.1. The number of aromatic nitrogens is 1. The van der Waals surface area contributed by atoms with Crippen molar-refractivity contribution in [2.45, 2.75) is 25.7 Å². The Hall–Kier alpha value is -2.51. The Bertz CT molecular complexity index is 910. The Balaban J connectivity index is 1.22. The molecule has 2 aliphatic rings. The first-order valence-electron chi connectivity index (χ1n) is 11.8. The minimum atomic E-state index is -0.0504. The highest BCUT2D eigenvalue weighted by atomic mass is 35.5. The highest BCUT2D eigenvalue weighted by Gasteiger charge is 2.23. The van der Waals surface area contributed by atoms with Gasteiger partial charge >= 0.3 is 0 Å². The maximum Gasteiger partial charge on any atom is 0.254 e. The largest absolute Gasteiger partial charge is 0.494 e. The molecule has 3 heterocycles. The summed E-state index contributed by atoms with van der Waals surface area (Å²) in [4.78, 5) is 23.6. The van der Waals surface area contributed by atoms with E-state index >= 15 is 0 Å². The van der Waals surface area contributed by atoms with Gasteiger partial charge in [0.15, 0.2) is 0 Å². The summed E-state index contributed by atoms with van der Waals surface area (Å²) in [6.45, 7) is 7.19. The fraction of sp³-hybridized carbons (Fsp3) is 0.520. The molecule has 0 bridgehead atoms. The van der Waals surface area contributed by atoms with Gasteiger partial charge in [0.05, 0.1) is 13.7 Å². The van der Waals surface area contributed by atoms with Crippen LogP contribution in [0.5, 0.6) is 11.6 Å². The van der Waals surface area contributed by atoms with Crippen molar-refractivity contribution >= 4 is 23.2 Å². The molecule has 7 nitrogen and oxygen atoms in total. The van der Waals surface area contributed by atoms with E-state index in [-0.39, 0.29) is 11.1 Å². The van der Waals surface area contributed by atoms with Crippen LogP contribution in [-0.2, 0) is 0 Å². The number of hydrogen-bond donors (Lipinski definition) is 0. The molecule has 0 saturated carbocycles. The Morgan fingerprint density at radius 2 is 1.73 bits per heavy atom. The van der Waals surface area contributed by atoms with Crippen molar-refractivity contribution in [2.24, 2.45) is 0 Å². The smallest absolute Gasteiger partial charge is 0.254 e. The second-order valence-electron chi connectivity index (χ2n) is 8.60. The van der Waals surface area contributed by atoms with Gasteiger partial charge < -0.3 is 24.2 Å². The zero-order chi connectivity index (χ0) is 23.0. The first-order valence-corrected chi connectivity index (χ1v) is 12.2. The number of benzene rings is 1. The summed E-state index contributed by atoms with van der Waals surface area (Å²) in [6.07, 6.45) is 5.10. The number of piperidine rings is 1. The van der Waals surface area contributed by atoms with Crippen LogP contribution in [0.15, 0.2) is 36.4 Å². The quantitative estimate of drug-likeness (QED) is 0.428. The number of anilines is 1. The molecule has 0 radical (unpaired) electrons. The first kappa shape index (κ1) is 23.6. The lowest BCUT2D eigenvalue weighted by Crippen LogP contribution is -2.48. The Morgan fingerprint density at radius 3 is 2.42 bits per heavy atom. The van der Waals surface area contributed by atoms with Crippen molar-refractivity contribution in [3.8, 4) is 11.6 Å². The predicted octanol–water partition coefficient (Wildman–Crippen LogP) is 3.96. The van der Waals surface area contributed by atoms with E-state index in [1.807, 2.05) is 17.0 Å². The van der Waals surface area contributed by atoms with Crippen LogP contribution < -0.4 is 14.4 Å². The van der Waals surface area contributed by atoms with Crippen LogP contribution in [-0.4, -0.2) is 80.2 Å². The summed E-state index contributed by atoms with van der Waals surface area (Å²) < 4.78 is 11.1. The number of nitrogens with zero attached hydrogens (tertiary/aromatic N) is 4. The van der Waals surface area contributed by atoms with Crippen molar-refractivity contribution < 1.29 is 14.3 Å². The number of ether oxygens (including phenoxy) is 2. The molecule has 1 amide bonds. The fourth-order valence-corrected chi connectivity index (χ4v) is 4.67. The Labute approximate surface area is 201 Å². The number of carbonyl (C=O) groups is 1. The molecule has 2 aromatic rings. The van der Waals surface area contributed by atoms with E-state index in [9.17, 15) is 4.79 Å². The number of hydrogen-bond acceptors (Lipinski definition) is 6. The SMILES string of the molecule is COc1cc(C(=O)N2CCN(c3ccc(OCCCN4CCCCC4)cc3)CC2)cc(Cl)n1. The van der Waals surface area contributed by atoms with Crippen LogP contribution in [0, 0.1) is 0 Å². The predicted molar refractivity (Wildman–Crippen MR) is 131 cm³/mol. The van der Waals surface area contributed by atoms with Crippen molar-refractivity contribution in [3.05, 3.63) is 47.1 Å². The number of piperazine rings is 1. The van der Waals surface area contributed by atoms with E-state index in [2.05, 4.69) is 26.9 Å². The Morgan fingerprint density at radius 1 is 1.00 bits per heavy atom. The van der Waals surface area contributed by atoms with Crippen LogP contribution in [0.3, 0.4) is 0 Å². The highest BCUT2D eigenvalue weighted by molar-refractivity contribution is 6.29. The lowest BCUT2D eigenvalue weighted by atomic mass is 10.1. The van der Waals surface area contributed by atoms with Crippen molar-refractivity contribution in [1.29, 1.82) is 0 Å². The molecule has 0 aliphatic carbocycles. The fourth-order valence-electron chi connectivity index (χ4n) is 4.47. The van der Waals surface area contributed by atoms with Crippen LogP contribution in [0.1, 0.15) is 36.0 Å². The lowest BCUT2D eigenvalue weighted by molar-refractivity contribution is 0.0746. The van der Waals surface area contributed by atoms with Gasteiger partial charge in [-0.1, -0.05) is 18.0 Å². The second kappa shape index (κ2) is 11.6. The number of halogens is 1. The summed E-state index contributed by atoms with van der Waals surface area (Å²) in [6, 6.07) is 11.5. The second-order valence-corrected chi connectivity index (χ2v) is 8.99. The van der Waals surface area contributed by atoms with Gasteiger partial charge in [0.25, 0.3) is 5.91 Å². The van der Waals surface area contributed by atoms with Gasteiger partial charge in [-0.2, -0.15) is 0 Å². The number of amides is 1. The number of carbonyl (C=O) groups excluding carboxylic acids is 1. The molecule has 1 aromatic carbocycles. The molecule has 2 aliphatic heterocycles. The first-order chi connectivity index (χ1) is 16.1. The van der Waals surface area contributed by atoms with Gasteiger partial charge in [-0.25, -0.2) is 4.98 Å². The number of methoxy groups -OCH3 is 1. The summed E-state index contributed by atoms with van der Waals surface area (Å²) in [7, 11) is 1.51. The third-order valence-corrected chi connectivity index (χ3v) is 6.53. The van der Waals surface area contributed by atoms with E-state index in [1.165, 1.54) is 39.5 Å². The minimum absolute atomic E-state index is 0.0504. The lowest BCUT2D eigenvalue weighted by Gasteiger charge is -2.36. The van der Waals surface area contributed by atoms with E-state index in [0.717, 1.165) is 44.1 Å². The summed E-state index contributed by atoms with van der Waals surface area (Å²) in [5.41, 5.74) is 1.65. The number of pyridine rings is 1. The normalized spacial score (nSPS) is 17.2. The molecule has 2 saturated heterocycles. The maximum atomic E-state index is 12.9. The molecule has 0 unspecified atom stereocenters. The van der Waals surface area contributed by atoms with E-state index in [1.54, 1.807) is 12.1 Å². The molecular formula is C25H33ClN4O3. The molecule has 1 aromatic heterocycles. The van der Waals surface area contributed by atoms with Crippen LogP contribution >= 0.6 is 11.6 Å². The Kier molecular flexibility index (Phi) is 8.29. The molecule has 0 spiro atoms. The summed E-state index contributed by atoms with van der Waals surface area (Å²) >= 11 is 6.02. The standard InChI is InChI=1S/C25H33ClN4O3/c1-32-24-19-20(18-23(26)27-24)25(31)30-15-13-29(14-16-30)21-6-8-22(9-7-21)33-17-5-12-28-10-3-2-4-11-28/h6-9,18-19H,2-5,10-17H2,1H3. The van der Waals surface area contributed by atoms with Crippen LogP contribution in [0.2, 0.25) is 5.15 Å². The monoisotopic (exact) mass is 472 g/mol. The van der Waals surface area contributed by atoms with Crippen molar-refractivity contribution in [2.75, 3.05) is 64.4 Å². The molecule has 8 heteroatoms. The highest BCUT2D eigenvalue weighted by Crippen LogP contribution is 2.23. The topological polar surface area (TPSA) is 58.1 Å². The van der Waals surface area contributed by atoms with Crippen LogP contribution in [0.25, 0.3) is 0 Å². The maximum absolute atomic E-state index is 12.9. The van der Waals surface area contributed by atoms with E-state index in [0.29, 0.717) is 24.5 Å². The third kappa shape index (κ3) is 6.51. The van der Waals surface area contributed by atoms with Crippen LogP contribution in [0.4, 0.5) is 5.69 Å². The average molecular weight is 473 g/mol. The van der Waals surface area contributed by atoms with Crippen molar-refractivity contribution in [3.63, 3.8) is 0 Å². The van der Waals surface area contributed by atoms with Gasteiger partial charge in [0, 0.05) is 50.0 Å². The molecule has 178 valence electrons. The van der Waals surface area contributed by atoms with Gasteiger partial charge in [0.2, 0.25) is 5.88 Å². The van der Waals surface area contributed by atoms with Gasteiger partial charge in [-0.15, -0.1) is 0 Å². The van der Waals surface area contributed by atoms with E-state index < -0.39 is 0 Å². The molecule has 33 heavy (non-hydrogen) atoms. The number of likely N-dealkylation sites (tertiary alicyclic amines) is 1. The molecule has 0 N–H and O–H groups in total. The molecule has 0 atom stereocenters. The number of rotatable bonds is 8. The third-order valence-electron chi connectivity index (χ3n) is 6.33. The minimum Gasteiger partial charge on any atom is -0.494 e. The molecule has 2 fully saturated rings.